The molecule has 0 spiro atoms. The fourth-order valence-corrected chi connectivity index (χ4v) is 1.18. The number of rotatable bonds is 2. The van der Waals surface area contributed by atoms with Crippen molar-refractivity contribution < 1.29 is 4.79 Å². The largest absolute Gasteiger partial charge is 0.290 e. The minimum absolute atomic E-state index is 0.324. The monoisotopic (exact) mass is 140 g/mol. The smallest absolute Gasteiger partial charge is 0.204 e. The lowest BCUT2D eigenvalue weighted by Gasteiger charge is -1.78. The third-order valence-electron chi connectivity index (χ3n) is 0.920. The molecule has 2 nitrogen and oxygen atoms in total. The van der Waals surface area contributed by atoms with Crippen LogP contribution < -0.4 is 0 Å². The molecular weight excluding hydrogens is 134 g/mol. The van der Waals surface area contributed by atoms with Gasteiger partial charge in [0.25, 0.3) is 0 Å². The summed E-state index contributed by atoms with van der Waals surface area (Å²) in [5.41, 5.74) is 0.826. The minimum atomic E-state index is 0.324. The predicted molar refractivity (Wildman–Crippen MR) is 36.2 cm³/mol. The van der Waals surface area contributed by atoms with Gasteiger partial charge in [-0.3, -0.25) is 4.79 Å². The van der Waals surface area contributed by atoms with Crippen LogP contribution in [-0.4, -0.2) is 11.3 Å². The number of nitrogens with zero attached hydrogens (tertiary/aromatic N) is 1. The Bertz CT molecular complexity index is 207. The number of thiazole rings is 1. The maximum Gasteiger partial charge on any atom is 0.204 e. The van der Waals surface area contributed by atoms with E-state index in [4.69, 9.17) is 0 Å². The van der Waals surface area contributed by atoms with Crippen LogP contribution in [0.4, 0.5) is 0 Å². The van der Waals surface area contributed by atoms with Gasteiger partial charge in [-0.25, -0.2) is 4.98 Å². The van der Waals surface area contributed by atoms with Crippen LogP contribution in [0.25, 0.3) is 0 Å². The van der Waals surface area contributed by atoms with Crippen molar-refractivity contribution >= 4 is 17.6 Å². The van der Waals surface area contributed by atoms with Crippen LogP contribution in [0.3, 0.4) is 0 Å². The topological polar surface area (TPSA) is 30.0 Å². The second-order valence-corrected chi connectivity index (χ2v) is 2.74. The molecule has 0 atom stereocenters. The van der Waals surface area contributed by atoms with Gasteiger partial charge in [0.1, 0.15) is 0 Å². The summed E-state index contributed by atoms with van der Waals surface area (Å²) in [6, 6.07) is 0. The molecule has 1 radical (unpaired) electrons. The summed E-state index contributed by atoms with van der Waals surface area (Å²) in [5, 5.41) is 2.88. The van der Waals surface area contributed by atoms with Crippen molar-refractivity contribution in [3.05, 3.63) is 16.1 Å². The van der Waals surface area contributed by atoms with Crippen LogP contribution in [0, 0.1) is 6.92 Å². The Morgan fingerprint density at radius 3 is 3.11 bits per heavy atom. The van der Waals surface area contributed by atoms with E-state index in [1.54, 1.807) is 17.6 Å². The molecule has 0 aromatic carbocycles. The van der Waals surface area contributed by atoms with E-state index in [-0.39, 0.29) is 0 Å². The van der Waals surface area contributed by atoms with Gasteiger partial charge in [-0.1, -0.05) is 0 Å². The Hall–Kier alpha value is -0.700. The number of aryl methyl sites for hydroxylation is 1. The van der Waals surface area contributed by atoms with Gasteiger partial charge in [0, 0.05) is 5.38 Å². The van der Waals surface area contributed by atoms with Crippen LogP contribution in [0.1, 0.15) is 10.7 Å². The van der Waals surface area contributed by atoms with E-state index in [1.165, 1.54) is 0 Å². The average molecular weight is 140 g/mol. The average Bonchev–Trinajstić information content (AvgIpc) is 2.17. The number of hydrogen-bond donors (Lipinski definition) is 0. The Morgan fingerprint density at radius 1 is 1.89 bits per heavy atom. The van der Waals surface area contributed by atoms with Crippen molar-refractivity contribution in [3.63, 3.8) is 0 Å². The summed E-state index contributed by atoms with van der Waals surface area (Å²) >= 11 is 1.55. The quantitative estimate of drug-likeness (QED) is 0.615. The first-order valence-electron chi connectivity index (χ1n) is 2.59. The fourth-order valence-electron chi connectivity index (χ4n) is 0.563. The highest BCUT2D eigenvalue weighted by atomic mass is 32.1. The van der Waals surface area contributed by atoms with E-state index in [0.717, 1.165) is 10.7 Å². The molecule has 0 N–H and O–H groups in total. The molecule has 0 aliphatic heterocycles. The van der Waals surface area contributed by atoms with Crippen LogP contribution in [0.5, 0.6) is 0 Å². The van der Waals surface area contributed by atoms with Crippen molar-refractivity contribution in [3.8, 4) is 0 Å². The van der Waals surface area contributed by atoms with E-state index >= 15 is 0 Å². The first-order valence-corrected chi connectivity index (χ1v) is 3.47. The zero-order valence-corrected chi connectivity index (χ0v) is 5.86. The lowest BCUT2D eigenvalue weighted by atomic mass is 10.4. The van der Waals surface area contributed by atoms with Crippen molar-refractivity contribution in [2.75, 3.05) is 0 Å². The summed E-state index contributed by atoms with van der Waals surface area (Å²) in [7, 11) is 0. The van der Waals surface area contributed by atoms with Gasteiger partial charge in [0.2, 0.25) is 6.29 Å². The van der Waals surface area contributed by atoms with Gasteiger partial charge in [-0.2, -0.15) is 0 Å². The molecule has 0 saturated carbocycles. The second kappa shape index (κ2) is 2.73. The van der Waals surface area contributed by atoms with Gasteiger partial charge in [-0.15, -0.1) is 11.3 Å². The highest BCUT2D eigenvalue weighted by Crippen LogP contribution is 2.06. The zero-order valence-electron chi connectivity index (χ0n) is 5.05. The lowest BCUT2D eigenvalue weighted by Crippen LogP contribution is -1.84. The maximum atomic E-state index is 9.82. The van der Waals surface area contributed by atoms with Gasteiger partial charge in [-0.05, 0) is 6.92 Å². The van der Waals surface area contributed by atoms with Crippen LogP contribution in [-0.2, 0) is 11.2 Å². The van der Waals surface area contributed by atoms with E-state index < -0.39 is 0 Å². The molecule has 0 unspecified atom stereocenters. The van der Waals surface area contributed by atoms with Crippen LogP contribution in [0.2, 0.25) is 0 Å². The molecule has 1 rings (SSSR count). The number of hydrogen-bond acceptors (Lipinski definition) is 3. The lowest BCUT2D eigenvalue weighted by molar-refractivity contribution is 0.554. The summed E-state index contributed by atoms with van der Waals surface area (Å²) in [6.07, 6.45) is 2.12. The number of aromatic nitrogens is 1. The van der Waals surface area contributed by atoms with E-state index in [0.29, 0.717) is 6.42 Å². The molecule has 0 amide bonds. The normalized spacial score (nSPS) is 9.44. The van der Waals surface area contributed by atoms with Gasteiger partial charge in [0.05, 0.1) is 17.1 Å². The van der Waals surface area contributed by atoms with Gasteiger partial charge in [0.15, 0.2) is 0 Å². The Kier molecular flexibility index (Phi) is 1.95. The van der Waals surface area contributed by atoms with Crippen LogP contribution in [0.15, 0.2) is 5.38 Å². The number of carbonyl (C=O) groups excluding carboxylic acids is 1. The zero-order chi connectivity index (χ0) is 6.69. The predicted octanol–water partition coefficient (Wildman–Crippen LogP) is 1.10. The first-order chi connectivity index (χ1) is 4.33. The second-order valence-electron chi connectivity index (χ2n) is 1.68. The molecule has 0 bridgehead atoms. The Balaban J connectivity index is 2.72. The van der Waals surface area contributed by atoms with E-state index in [1.807, 2.05) is 12.3 Å². The standard InChI is InChI=1S/C6H6NOS/c1-5-7-6(2-3-8)4-9-5/h4H,2H2,1H3. The molecule has 47 valence electrons. The summed E-state index contributed by atoms with van der Waals surface area (Å²) in [6.45, 7) is 1.92. The van der Waals surface area contributed by atoms with Crippen molar-refractivity contribution in [2.45, 2.75) is 13.3 Å². The third kappa shape index (κ3) is 1.61. The molecule has 9 heavy (non-hydrogen) atoms. The van der Waals surface area contributed by atoms with E-state index in [9.17, 15) is 4.79 Å². The Morgan fingerprint density at radius 2 is 2.67 bits per heavy atom. The molecule has 1 heterocycles. The fraction of sp³-hybridized carbons (Fsp3) is 0.333. The van der Waals surface area contributed by atoms with Crippen molar-refractivity contribution in [2.24, 2.45) is 0 Å². The molecule has 0 aliphatic carbocycles. The molecule has 0 aliphatic rings. The first kappa shape index (κ1) is 6.42. The molecule has 1 aromatic rings. The van der Waals surface area contributed by atoms with Gasteiger partial charge < -0.3 is 0 Å². The van der Waals surface area contributed by atoms with Crippen LogP contribution >= 0.6 is 11.3 Å². The van der Waals surface area contributed by atoms with Crippen molar-refractivity contribution in [1.82, 2.24) is 4.98 Å². The SMILES string of the molecule is Cc1nc(C[C]=O)cs1. The Labute approximate surface area is 57.5 Å². The highest BCUT2D eigenvalue weighted by molar-refractivity contribution is 7.09. The molecule has 0 saturated heterocycles. The minimum Gasteiger partial charge on any atom is -0.290 e. The van der Waals surface area contributed by atoms with Crippen molar-refractivity contribution in [1.29, 1.82) is 0 Å². The maximum absolute atomic E-state index is 9.82. The summed E-state index contributed by atoms with van der Waals surface area (Å²) in [5.74, 6) is 0. The molecule has 3 heteroatoms. The molecule has 1 aromatic heterocycles. The van der Waals surface area contributed by atoms with E-state index in [2.05, 4.69) is 4.98 Å². The summed E-state index contributed by atoms with van der Waals surface area (Å²) < 4.78 is 0. The molecule has 0 fully saturated rings. The third-order valence-corrected chi connectivity index (χ3v) is 1.74. The summed E-state index contributed by atoms with van der Waals surface area (Å²) in [4.78, 5) is 13.9. The highest BCUT2D eigenvalue weighted by Gasteiger charge is 1.94. The van der Waals surface area contributed by atoms with Gasteiger partial charge >= 0.3 is 0 Å². The molecular formula is C6H6NOS.